The van der Waals surface area contributed by atoms with Crippen LogP contribution in [0.2, 0.25) is 5.79 Å². The second kappa shape index (κ2) is 5.02. The molecule has 1 nitrogen and oxygen atoms in total. The van der Waals surface area contributed by atoms with E-state index >= 15 is 0 Å². The van der Waals surface area contributed by atoms with Gasteiger partial charge in [0.1, 0.15) is 0 Å². The number of hydrogen-bond donors (Lipinski definition) is 0. The number of nitrogens with zero attached hydrogens (tertiary/aromatic N) is 1. The third-order valence-corrected chi connectivity index (χ3v) is 3.81. The maximum Gasteiger partial charge on any atom is 0.391 e. The molecule has 0 unspecified atom stereocenters. The van der Waals surface area contributed by atoms with Gasteiger partial charge in [-0.2, -0.15) is 0 Å². The van der Waals surface area contributed by atoms with Gasteiger partial charge in [-0.05, 0) is 24.3 Å². The van der Waals surface area contributed by atoms with Gasteiger partial charge in [0.25, 0.3) is 0 Å². The predicted octanol–water partition coefficient (Wildman–Crippen LogP) is 3.22. The summed E-state index contributed by atoms with van der Waals surface area (Å²) in [6.45, 7) is 0. The highest BCUT2D eigenvalue weighted by molar-refractivity contribution is 6.42. The Balaban J connectivity index is 2.34. The molecule has 0 fully saturated rings. The first-order chi connectivity index (χ1) is 7.42. The lowest BCUT2D eigenvalue weighted by Gasteiger charge is -2.23. The minimum Gasteiger partial charge on any atom is -0.438 e. The van der Waals surface area contributed by atoms with Gasteiger partial charge in [-0.3, -0.25) is 0 Å². The molecular weight excluding hydrogens is 197 g/mol. The summed E-state index contributed by atoms with van der Waals surface area (Å²) < 4.78 is 2.43. The lowest BCUT2D eigenvalue weighted by atomic mass is 10.3. The van der Waals surface area contributed by atoms with Crippen LogP contribution in [0.5, 0.6) is 0 Å². The predicted molar refractivity (Wildman–Crippen MR) is 68.0 cm³/mol. The first-order valence-corrected chi connectivity index (χ1v) is 7.34. The number of benzene rings is 2. The van der Waals surface area contributed by atoms with E-state index in [1.54, 1.807) is 0 Å². The maximum atomic E-state index is 2.43. The third-order valence-electron chi connectivity index (χ3n) is 2.45. The van der Waals surface area contributed by atoms with Crippen molar-refractivity contribution in [2.24, 2.45) is 0 Å². The topological polar surface area (TPSA) is 3.24 Å². The first kappa shape index (κ1) is 10.3. The van der Waals surface area contributed by atoms with Crippen LogP contribution in [0.25, 0.3) is 0 Å². The molecule has 2 aromatic carbocycles. The molecule has 0 saturated carbocycles. The summed E-state index contributed by atoms with van der Waals surface area (Å²) in [6.07, 6.45) is 0. The highest BCUT2D eigenvalue weighted by Crippen LogP contribution is 2.23. The Morgan fingerprint density at radius 3 is 1.47 bits per heavy atom. The van der Waals surface area contributed by atoms with Gasteiger partial charge in [-0.15, -0.1) is 0 Å². The van der Waals surface area contributed by atoms with E-state index in [0.29, 0.717) is 0 Å². The van der Waals surface area contributed by atoms with Crippen LogP contribution >= 0.6 is 0 Å². The van der Waals surface area contributed by atoms with Crippen molar-refractivity contribution < 1.29 is 0 Å². The van der Waals surface area contributed by atoms with Crippen LogP contribution < -0.4 is 3.88 Å². The second-order valence-electron chi connectivity index (χ2n) is 3.42. The first-order valence-electron chi connectivity index (χ1n) is 5.29. The highest BCUT2D eigenvalue weighted by atomic mass is 27.1. The SMILES string of the molecule is [CH3][AlH][N](c1ccccc1)c1ccccc1. The number of para-hydroxylation sites is 2. The van der Waals surface area contributed by atoms with Crippen molar-refractivity contribution in [2.45, 2.75) is 5.79 Å². The van der Waals surface area contributed by atoms with Gasteiger partial charge in [0.05, 0.1) is 0 Å². The van der Waals surface area contributed by atoms with Gasteiger partial charge >= 0.3 is 15.4 Å². The molecular formula is C13H14AlN. The van der Waals surface area contributed by atoms with Crippen molar-refractivity contribution in [3.05, 3.63) is 60.7 Å². The molecule has 2 heteroatoms. The molecule has 0 bridgehead atoms. The summed E-state index contributed by atoms with van der Waals surface area (Å²) >= 11 is -0.235. The molecule has 0 amide bonds. The zero-order valence-corrected chi connectivity index (χ0v) is 10.3. The maximum absolute atomic E-state index is 2.43. The molecule has 0 aliphatic heterocycles. The Morgan fingerprint density at radius 2 is 1.13 bits per heavy atom. The average Bonchev–Trinajstić information content (AvgIpc) is 2.33. The standard InChI is InChI=1S/C12H10N.CH3.Al.H/c1-3-7-11(8-4-1)13-12-9-5-2-6-10-12;;;/h1-10H;1H3;;/q-1;;+1;. The van der Waals surface area contributed by atoms with Crippen LogP contribution in [0.4, 0.5) is 11.4 Å². The molecule has 0 aliphatic rings. The lowest BCUT2D eigenvalue weighted by Crippen LogP contribution is -2.18. The van der Waals surface area contributed by atoms with E-state index in [4.69, 9.17) is 0 Å². The Morgan fingerprint density at radius 1 is 0.733 bits per heavy atom. The van der Waals surface area contributed by atoms with E-state index in [2.05, 4.69) is 70.3 Å². The Kier molecular flexibility index (Phi) is 3.45. The van der Waals surface area contributed by atoms with Gasteiger partial charge in [-0.1, -0.05) is 42.2 Å². The number of anilines is 2. The largest absolute Gasteiger partial charge is 0.438 e. The van der Waals surface area contributed by atoms with E-state index in [1.165, 1.54) is 11.4 Å². The lowest BCUT2D eigenvalue weighted by molar-refractivity contribution is 1.39. The van der Waals surface area contributed by atoms with Gasteiger partial charge in [0, 0.05) is 11.4 Å². The van der Waals surface area contributed by atoms with E-state index in [1.807, 2.05) is 0 Å². The molecule has 2 rings (SSSR count). The van der Waals surface area contributed by atoms with E-state index in [9.17, 15) is 0 Å². The summed E-state index contributed by atoms with van der Waals surface area (Å²) in [4.78, 5) is 0. The van der Waals surface area contributed by atoms with Crippen molar-refractivity contribution in [3.63, 3.8) is 0 Å². The van der Waals surface area contributed by atoms with Crippen molar-refractivity contribution >= 4 is 26.8 Å². The van der Waals surface area contributed by atoms with Crippen LogP contribution in [0.1, 0.15) is 0 Å². The third kappa shape index (κ3) is 2.42. The molecule has 0 aliphatic carbocycles. The fraction of sp³-hybridized carbons (Fsp3) is 0.0769. The summed E-state index contributed by atoms with van der Waals surface area (Å²) in [7, 11) is 0. The van der Waals surface area contributed by atoms with Crippen LogP contribution in [0.15, 0.2) is 60.7 Å². The second-order valence-corrected chi connectivity index (χ2v) is 4.68. The molecule has 0 heterocycles. The molecule has 15 heavy (non-hydrogen) atoms. The summed E-state index contributed by atoms with van der Waals surface area (Å²) in [5.41, 5.74) is 2.61. The number of hydrogen-bond acceptors (Lipinski definition) is 1. The quantitative estimate of drug-likeness (QED) is 0.704. The number of rotatable bonds is 3. The monoisotopic (exact) mass is 211 g/mol. The minimum atomic E-state index is -0.235. The van der Waals surface area contributed by atoms with Gasteiger partial charge < -0.3 is 3.88 Å². The molecule has 0 spiro atoms. The fourth-order valence-corrected chi connectivity index (χ4v) is 2.88. The Bertz CT molecular complexity index is 360. The molecule has 0 N–H and O–H groups in total. The van der Waals surface area contributed by atoms with Gasteiger partial charge in [0.15, 0.2) is 0 Å². The van der Waals surface area contributed by atoms with Crippen molar-refractivity contribution in [2.75, 3.05) is 3.88 Å². The summed E-state index contributed by atoms with van der Waals surface area (Å²) in [5, 5.41) is 0. The smallest absolute Gasteiger partial charge is 0.391 e. The molecule has 74 valence electrons. The van der Waals surface area contributed by atoms with Crippen LogP contribution in [0, 0.1) is 0 Å². The Hall–Kier alpha value is -1.23. The van der Waals surface area contributed by atoms with E-state index < -0.39 is 0 Å². The molecule has 0 radical (unpaired) electrons. The van der Waals surface area contributed by atoms with Gasteiger partial charge in [0.2, 0.25) is 0 Å². The Labute approximate surface area is 97.3 Å². The normalized spacial score (nSPS) is 9.67. The van der Waals surface area contributed by atoms with Crippen molar-refractivity contribution in [1.29, 1.82) is 0 Å². The van der Waals surface area contributed by atoms with E-state index in [0.717, 1.165) is 0 Å². The van der Waals surface area contributed by atoms with Crippen LogP contribution in [-0.2, 0) is 0 Å². The summed E-state index contributed by atoms with van der Waals surface area (Å²) in [6, 6.07) is 21.2. The van der Waals surface area contributed by atoms with Crippen LogP contribution in [-0.4, -0.2) is 15.4 Å². The molecule has 0 aromatic heterocycles. The van der Waals surface area contributed by atoms with Crippen molar-refractivity contribution in [1.82, 2.24) is 0 Å². The van der Waals surface area contributed by atoms with E-state index in [-0.39, 0.29) is 15.4 Å². The zero-order chi connectivity index (χ0) is 10.5. The molecule has 0 saturated heterocycles. The van der Waals surface area contributed by atoms with Crippen molar-refractivity contribution in [3.8, 4) is 0 Å². The highest BCUT2D eigenvalue weighted by Gasteiger charge is 2.06. The molecule has 0 atom stereocenters. The zero-order valence-electron chi connectivity index (χ0n) is 8.93. The van der Waals surface area contributed by atoms with Crippen LogP contribution in [0.3, 0.4) is 0 Å². The van der Waals surface area contributed by atoms with Gasteiger partial charge in [-0.25, -0.2) is 0 Å². The fourth-order valence-electron chi connectivity index (χ4n) is 1.73. The average molecular weight is 211 g/mol. The minimum absolute atomic E-state index is 0.235. The molecule has 2 aromatic rings. The summed E-state index contributed by atoms with van der Waals surface area (Å²) in [5.74, 6) is 2.31.